The third-order valence-corrected chi connectivity index (χ3v) is 6.14. The van der Waals surface area contributed by atoms with Gasteiger partial charge in [0.05, 0.1) is 6.21 Å². The molecule has 1 amide bonds. The van der Waals surface area contributed by atoms with Gasteiger partial charge >= 0.3 is 5.91 Å². The Hall–Kier alpha value is -5.04. The van der Waals surface area contributed by atoms with Gasteiger partial charge in [0.1, 0.15) is 30.5 Å². The fourth-order valence-corrected chi connectivity index (χ4v) is 4.11. The zero-order chi connectivity index (χ0) is 27.0. The molecule has 0 bridgehead atoms. The summed E-state index contributed by atoms with van der Waals surface area (Å²) >= 11 is 0. The zero-order valence-electron chi connectivity index (χ0n) is 21.8. The van der Waals surface area contributed by atoms with E-state index in [1.807, 2.05) is 78.9 Å². The van der Waals surface area contributed by atoms with Crippen LogP contribution in [0.1, 0.15) is 38.8 Å². The van der Waals surface area contributed by atoms with E-state index in [9.17, 15) is 4.79 Å². The number of hydrazone groups is 1. The number of carbonyl (C=O) groups excluding carboxylic acids is 1. The number of benzene rings is 3. The van der Waals surface area contributed by atoms with Gasteiger partial charge in [0.25, 0.3) is 0 Å². The van der Waals surface area contributed by atoms with Crippen LogP contribution in [0.15, 0.2) is 113 Å². The average molecular weight is 520 g/mol. The quantitative estimate of drug-likeness (QED) is 0.166. The predicted octanol–water partition coefficient (Wildman–Crippen LogP) is 6.61. The maximum atomic E-state index is 12.4. The molecule has 0 unspecified atom stereocenters. The van der Waals surface area contributed by atoms with Gasteiger partial charge in [-0.05, 0) is 97.8 Å². The number of carbonyl (C=O) groups is 1. The summed E-state index contributed by atoms with van der Waals surface area (Å²) in [7, 11) is 0. The molecule has 7 heteroatoms. The highest BCUT2D eigenvalue weighted by molar-refractivity contribution is 5.92. The Bertz CT molecular complexity index is 1530. The SMILES string of the molecule is Cc1ccc(C)n1-c1ccc(OCc2ccc(C(=O)N/N=C/c3ccc(OCc4ccccc4)cc3)o2)cc1. The average Bonchev–Trinajstić information content (AvgIpc) is 3.58. The number of aryl methyl sites for hydroxylation is 2. The van der Waals surface area contributed by atoms with E-state index in [4.69, 9.17) is 13.9 Å². The van der Waals surface area contributed by atoms with Crippen LogP contribution in [0.5, 0.6) is 11.5 Å². The van der Waals surface area contributed by atoms with Crippen molar-refractivity contribution < 1.29 is 18.7 Å². The van der Waals surface area contributed by atoms with Crippen LogP contribution in [0.4, 0.5) is 0 Å². The molecule has 0 saturated heterocycles. The minimum absolute atomic E-state index is 0.157. The van der Waals surface area contributed by atoms with Gasteiger partial charge in [0.2, 0.25) is 0 Å². The minimum Gasteiger partial charge on any atom is -0.489 e. The molecule has 1 N–H and O–H groups in total. The molecule has 0 aliphatic rings. The maximum absolute atomic E-state index is 12.4. The second-order valence-corrected chi connectivity index (χ2v) is 9.04. The molecule has 0 radical (unpaired) electrons. The van der Waals surface area contributed by atoms with Crippen LogP contribution < -0.4 is 14.9 Å². The highest BCUT2D eigenvalue weighted by Gasteiger charge is 2.11. The van der Waals surface area contributed by atoms with Gasteiger partial charge in [0.15, 0.2) is 5.76 Å². The third kappa shape index (κ3) is 6.64. The van der Waals surface area contributed by atoms with Crippen molar-refractivity contribution in [3.05, 3.63) is 137 Å². The zero-order valence-corrected chi connectivity index (χ0v) is 21.8. The molecule has 0 saturated carbocycles. The van der Waals surface area contributed by atoms with Gasteiger partial charge in [-0.15, -0.1) is 0 Å². The summed E-state index contributed by atoms with van der Waals surface area (Å²) in [6.45, 7) is 4.86. The summed E-state index contributed by atoms with van der Waals surface area (Å²) in [6, 6.07) is 32.8. The summed E-state index contributed by atoms with van der Waals surface area (Å²) in [5.74, 6) is 1.72. The Kier molecular flexibility index (Phi) is 7.88. The van der Waals surface area contributed by atoms with Crippen LogP contribution in [-0.4, -0.2) is 16.7 Å². The van der Waals surface area contributed by atoms with E-state index in [-0.39, 0.29) is 12.4 Å². The number of hydrogen-bond acceptors (Lipinski definition) is 5. The molecular weight excluding hydrogens is 490 g/mol. The number of amides is 1. The first-order valence-corrected chi connectivity index (χ1v) is 12.6. The molecule has 2 aromatic heterocycles. The Morgan fingerprint density at radius 1 is 0.795 bits per heavy atom. The van der Waals surface area contributed by atoms with E-state index in [2.05, 4.69) is 41.1 Å². The maximum Gasteiger partial charge on any atom is 0.307 e. The summed E-state index contributed by atoms with van der Waals surface area (Å²) in [4.78, 5) is 12.4. The fourth-order valence-electron chi connectivity index (χ4n) is 4.11. The van der Waals surface area contributed by atoms with Crippen molar-refractivity contribution in [2.24, 2.45) is 5.10 Å². The lowest BCUT2D eigenvalue weighted by Crippen LogP contribution is -2.16. The normalized spacial score (nSPS) is 11.0. The fraction of sp³-hybridized carbons (Fsp3) is 0.125. The van der Waals surface area contributed by atoms with Crippen molar-refractivity contribution in [1.82, 2.24) is 9.99 Å². The van der Waals surface area contributed by atoms with Crippen molar-refractivity contribution in [3.8, 4) is 17.2 Å². The summed E-state index contributed by atoms with van der Waals surface area (Å²) in [6.07, 6.45) is 1.56. The Balaban J connectivity index is 1.08. The highest BCUT2D eigenvalue weighted by Crippen LogP contribution is 2.21. The van der Waals surface area contributed by atoms with Gasteiger partial charge in [-0.3, -0.25) is 4.79 Å². The first-order chi connectivity index (χ1) is 19.0. The molecule has 7 nitrogen and oxygen atoms in total. The number of nitrogens with one attached hydrogen (secondary N) is 1. The van der Waals surface area contributed by atoms with Crippen molar-refractivity contribution in [2.75, 3.05) is 0 Å². The second-order valence-electron chi connectivity index (χ2n) is 9.04. The van der Waals surface area contributed by atoms with Gasteiger partial charge < -0.3 is 18.5 Å². The van der Waals surface area contributed by atoms with Crippen molar-refractivity contribution >= 4 is 12.1 Å². The van der Waals surface area contributed by atoms with E-state index < -0.39 is 5.91 Å². The molecule has 0 fully saturated rings. The van der Waals surface area contributed by atoms with Crippen LogP contribution in [0.2, 0.25) is 0 Å². The summed E-state index contributed by atoms with van der Waals surface area (Å²) in [5.41, 5.74) is 7.84. The van der Waals surface area contributed by atoms with Crippen molar-refractivity contribution in [1.29, 1.82) is 0 Å². The van der Waals surface area contributed by atoms with Gasteiger partial charge in [-0.1, -0.05) is 30.3 Å². The number of nitrogens with zero attached hydrogens (tertiary/aromatic N) is 2. The molecule has 5 aromatic rings. The predicted molar refractivity (Wildman–Crippen MR) is 151 cm³/mol. The number of ether oxygens (including phenoxy) is 2. The second kappa shape index (κ2) is 12.0. The standard InChI is InChI=1S/C32H29N3O4/c1-23-8-9-24(2)35(23)27-12-16-29(17-13-27)38-22-30-18-19-31(39-30)32(36)34-33-20-25-10-14-28(15-11-25)37-21-26-6-4-3-5-7-26/h3-20H,21-22H2,1-2H3,(H,34,36)/b33-20+. The van der Waals surface area contributed by atoms with E-state index in [1.54, 1.807) is 18.3 Å². The molecule has 0 aliphatic carbocycles. The topological polar surface area (TPSA) is 78.0 Å². The number of rotatable bonds is 10. The number of furan rings is 1. The first kappa shape index (κ1) is 25.6. The first-order valence-electron chi connectivity index (χ1n) is 12.6. The van der Waals surface area contributed by atoms with E-state index >= 15 is 0 Å². The monoisotopic (exact) mass is 519 g/mol. The molecule has 5 rings (SSSR count). The molecule has 0 spiro atoms. The van der Waals surface area contributed by atoms with E-state index in [0.29, 0.717) is 18.1 Å². The van der Waals surface area contributed by atoms with Gasteiger partial charge in [0, 0.05) is 17.1 Å². The molecule has 0 atom stereocenters. The van der Waals surface area contributed by atoms with E-state index in [1.165, 1.54) is 11.4 Å². The Morgan fingerprint density at radius 3 is 2.13 bits per heavy atom. The molecule has 2 heterocycles. The molecule has 0 aliphatic heterocycles. The lowest BCUT2D eigenvalue weighted by molar-refractivity contribution is 0.0923. The Labute approximate surface area is 227 Å². The molecule has 3 aromatic carbocycles. The van der Waals surface area contributed by atoms with Crippen LogP contribution in [-0.2, 0) is 13.2 Å². The lowest BCUT2D eigenvalue weighted by atomic mass is 10.2. The van der Waals surface area contributed by atoms with Crippen molar-refractivity contribution in [3.63, 3.8) is 0 Å². The summed E-state index contributed by atoms with van der Waals surface area (Å²) < 4.78 is 19.4. The minimum atomic E-state index is -0.442. The lowest BCUT2D eigenvalue weighted by Gasteiger charge is -2.10. The summed E-state index contributed by atoms with van der Waals surface area (Å²) in [5, 5.41) is 4.03. The van der Waals surface area contributed by atoms with Crippen LogP contribution >= 0.6 is 0 Å². The highest BCUT2D eigenvalue weighted by atomic mass is 16.5. The van der Waals surface area contributed by atoms with Crippen LogP contribution in [0.25, 0.3) is 5.69 Å². The van der Waals surface area contributed by atoms with Crippen LogP contribution in [0.3, 0.4) is 0 Å². The smallest absolute Gasteiger partial charge is 0.307 e. The molecular formula is C32H29N3O4. The third-order valence-electron chi connectivity index (χ3n) is 6.14. The Morgan fingerprint density at radius 2 is 1.44 bits per heavy atom. The van der Waals surface area contributed by atoms with Gasteiger partial charge in [-0.2, -0.15) is 5.10 Å². The van der Waals surface area contributed by atoms with E-state index in [0.717, 1.165) is 22.6 Å². The largest absolute Gasteiger partial charge is 0.489 e. The number of hydrogen-bond donors (Lipinski definition) is 1. The molecule has 39 heavy (non-hydrogen) atoms. The van der Waals surface area contributed by atoms with Gasteiger partial charge in [-0.25, -0.2) is 5.43 Å². The molecule has 196 valence electrons. The number of aromatic nitrogens is 1. The van der Waals surface area contributed by atoms with Crippen molar-refractivity contribution in [2.45, 2.75) is 27.1 Å². The van der Waals surface area contributed by atoms with Crippen LogP contribution in [0, 0.1) is 13.8 Å².